The van der Waals surface area contributed by atoms with Crippen LogP contribution in [0.5, 0.6) is 0 Å². The monoisotopic (exact) mass is 266 g/mol. The molecule has 1 aliphatic rings. The van der Waals surface area contributed by atoms with Crippen LogP contribution in [0.2, 0.25) is 0 Å². The molecule has 18 heavy (non-hydrogen) atoms. The Kier molecular flexibility index (Phi) is 5.67. The molecular formula is C15H26N2S. The predicted octanol–water partition coefficient (Wildman–Crippen LogP) is 3.62. The lowest BCUT2D eigenvalue weighted by Crippen LogP contribution is -2.32. The fraction of sp³-hybridized carbons (Fsp3) is 0.733. The molecule has 0 aliphatic heterocycles. The molecule has 1 aromatic rings. The zero-order valence-electron chi connectivity index (χ0n) is 11.7. The summed E-state index contributed by atoms with van der Waals surface area (Å²) in [7, 11) is 2.29. The van der Waals surface area contributed by atoms with Crippen molar-refractivity contribution >= 4 is 11.3 Å². The first-order chi connectivity index (χ1) is 8.79. The molecule has 102 valence electrons. The highest BCUT2D eigenvalue weighted by atomic mass is 32.1. The van der Waals surface area contributed by atoms with E-state index in [2.05, 4.69) is 36.3 Å². The predicted molar refractivity (Wildman–Crippen MR) is 80.0 cm³/mol. The van der Waals surface area contributed by atoms with Gasteiger partial charge in [0.05, 0.1) is 0 Å². The zero-order chi connectivity index (χ0) is 12.8. The summed E-state index contributed by atoms with van der Waals surface area (Å²) < 4.78 is 0. The molecule has 1 saturated carbocycles. The van der Waals surface area contributed by atoms with Gasteiger partial charge in [-0.25, -0.2) is 0 Å². The van der Waals surface area contributed by atoms with Crippen molar-refractivity contribution in [1.82, 2.24) is 10.2 Å². The van der Waals surface area contributed by atoms with Gasteiger partial charge in [0.1, 0.15) is 0 Å². The second-order valence-corrected chi connectivity index (χ2v) is 6.61. The van der Waals surface area contributed by atoms with Crippen molar-refractivity contribution < 1.29 is 0 Å². The highest BCUT2D eigenvalue weighted by Crippen LogP contribution is 2.24. The van der Waals surface area contributed by atoms with Gasteiger partial charge in [-0.05, 0) is 38.6 Å². The molecule has 1 N–H and O–H groups in total. The van der Waals surface area contributed by atoms with Gasteiger partial charge in [0.15, 0.2) is 0 Å². The third-order valence-electron chi connectivity index (χ3n) is 3.87. The Morgan fingerprint density at radius 3 is 2.67 bits per heavy atom. The van der Waals surface area contributed by atoms with Crippen molar-refractivity contribution in [2.45, 2.75) is 58.2 Å². The number of hydrogen-bond donors (Lipinski definition) is 1. The molecule has 1 heterocycles. The molecular weight excluding hydrogens is 240 g/mol. The van der Waals surface area contributed by atoms with E-state index in [9.17, 15) is 0 Å². The molecule has 1 aliphatic carbocycles. The minimum atomic E-state index is 0.818. The van der Waals surface area contributed by atoms with E-state index < -0.39 is 0 Å². The maximum absolute atomic E-state index is 3.39. The van der Waals surface area contributed by atoms with Crippen molar-refractivity contribution in [3.05, 3.63) is 21.9 Å². The van der Waals surface area contributed by atoms with Crippen LogP contribution in [0.1, 0.15) is 48.8 Å². The lowest BCUT2D eigenvalue weighted by atomic mass is 9.94. The van der Waals surface area contributed by atoms with Crippen molar-refractivity contribution in [3.8, 4) is 0 Å². The Balaban J connectivity index is 1.82. The summed E-state index contributed by atoms with van der Waals surface area (Å²) in [4.78, 5) is 5.53. The molecule has 1 fully saturated rings. The Morgan fingerprint density at radius 2 is 1.94 bits per heavy atom. The first-order valence-electron chi connectivity index (χ1n) is 7.28. The normalized spacial score (nSPS) is 17.5. The summed E-state index contributed by atoms with van der Waals surface area (Å²) in [5.74, 6) is 0. The van der Waals surface area contributed by atoms with Gasteiger partial charge in [0.25, 0.3) is 0 Å². The van der Waals surface area contributed by atoms with Crippen LogP contribution in [-0.2, 0) is 13.1 Å². The van der Waals surface area contributed by atoms with Gasteiger partial charge >= 0.3 is 0 Å². The second-order valence-electron chi connectivity index (χ2n) is 5.36. The van der Waals surface area contributed by atoms with Crippen LogP contribution >= 0.6 is 11.3 Å². The SMILES string of the molecule is CCNCc1ccc(CN(C)C2CCCCC2)s1. The van der Waals surface area contributed by atoms with E-state index in [-0.39, 0.29) is 0 Å². The average molecular weight is 266 g/mol. The molecule has 0 bridgehead atoms. The van der Waals surface area contributed by atoms with Gasteiger partial charge in [0, 0.05) is 28.9 Å². The fourth-order valence-electron chi connectivity index (χ4n) is 2.75. The summed E-state index contributed by atoms with van der Waals surface area (Å²) in [6.07, 6.45) is 7.07. The first-order valence-corrected chi connectivity index (χ1v) is 8.09. The van der Waals surface area contributed by atoms with Gasteiger partial charge < -0.3 is 5.32 Å². The lowest BCUT2D eigenvalue weighted by Gasteiger charge is -2.30. The third kappa shape index (κ3) is 4.08. The number of thiophene rings is 1. The van der Waals surface area contributed by atoms with E-state index in [0.29, 0.717) is 0 Å². The fourth-order valence-corrected chi connectivity index (χ4v) is 3.80. The highest BCUT2D eigenvalue weighted by Gasteiger charge is 2.18. The van der Waals surface area contributed by atoms with E-state index in [1.807, 2.05) is 11.3 Å². The number of nitrogens with zero attached hydrogens (tertiary/aromatic N) is 1. The van der Waals surface area contributed by atoms with Crippen molar-refractivity contribution in [3.63, 3.8) is 0 Å². The van der Waals surface area contributed by atoms with Gasteiger partial charge in [-0.2, -0.15) is 0 Å². The number of nitrogens with one attached hydrogen (secondary N) is 1. The van der Waals surface area contributed by atoms with E-state index in [1.54, 1.807) is 0 Å². The van der Waals surface area contributed by atoms with E-state index in [1.165, 1.54) is 41.9 Å². The quantitative estimate of drug-likeness (QED) is 0.846. The smallest absolute Gasteiger partial charge is 0.0327 e. The average Bonchev–Trinajstić information content (AvgIpc) is 2.85. The number of rotatable bonds is 6. The first kappa shape index (κ1) is 14.0. The molecule has 0 atom stereocenters. The molecule has 1 aromatic heterocycles. The maximum atomic E-state index is 3.39. The Morgan fingerprint density at radius 1 is 1.22 bits per heavy atom. The van der Waals surface area contributed by atoms with Crippen LogP contribution in [0, 0.1) is 0 Å². The second kappa shape index (κ2) is 7.27. The molecule has 2 nitrogen and oxygen atoms in total. The Labute approximate surface area is 115 Å². The number of hydrogen-bond acceptors (Lipinski definition) is 3. The van der Waals surface area contributed by atoms with Crippen molar-refractivity contribution in [2.75, 3.05) is 13.6 Å². The molecule has 3 heteroatoms. The van der Waals surface area contributed by atoms with E-state index in [0.717, 1.165) is 25.7 Å². The van der Waals surface area contributed by atoms with Crippen LogP contribution in [0.3, 0.4) is 0 Å². The zero-order valence-corrected chi connectivity index (χ0v) is 12.6. The van der Waals surface area contributed by atoms with Crippen molar-refractivity contribution in [2.24, 2.45) is 0 Å². The summed E-state index contributed by atoms with van der Waals surface area (Å²) in [6, 6.07) is 5.40. The van der Waals surface area contributed by atoms with Crippen LogP contribution in [0.4, 0.5) is 0 Å². The van der Waals surface area contributed by atoms with Crippen LogP contribution < -0.4 is 5.32 Å². The minimum absolute atomic E-state index is 0.818. The molecule has 0 spiro atoms. The van der Waals surface area contributed by atoms with E-state index in [4.69, 9.17) is 0 Å². The summed E-state index contributed by atoms with van der Waals surface area (Å²) >= 11 is 1.96. The molecule has 2 rings (SSSR count). The Hall–Kier alpha value is -0.380. The summed E-state index contributed by atoms with van der Waals surface area (Å²) in [6.45, 7) is 5.36. The highest BCUT2D eigenvalue weighted by molar-refractivity contribution is 7.11. The molecule has 0 aromatic carbocycles. The molecule has 0 radical (unpaired) electrons. The maximum Gasteiger partial charge on any atom is 0.0327 e. The van der Waals surface area contributed by atoms with E-state index >= 15 is 0 Å². The van der Waals surface area contributed by atoms with Gasteiger partial charge in [-0.3, -0.25) is 4.90 Å². The van der Waals surface area contributed by atoms with Crippen molar-refractivity contribution in [1.29, 1.82) is 0 Å². The molecule has 0 saturated heterocycles. The van der Waals surface area contributed by atoms with Gasteiger partial charge in [0.2, 0.25) is 0 Å². The third-order valence-corrected chi connectivity index (χ3v) is 4.94. The standard InChI is InChI=1S/C15H26N2S/c1-3-16-11-14-9-10-15(18-14)12-17(2)13-7-5-4-6-8-13/h9-10,13,16H,3-8,11-12H2,1-2H3. The largest absolute Gasteiger partial charge is 0.312 e. The van der Waals surface area contributed by atoms with Crippen LogP contribution in [0.15, 0.2) is 12.1 Å². The molecule has 0 amide bonds. The van der Waals surface area contributed by atoms with Crippen LogP contribution in [0.25, 0.3) is 0 Å². The molecule has 0 unspecified atom stereocenters. The van der Waals surface area contributed by atoms with Gasteiger partial charge in [-0.1, -0.05) is 26.2 Å². The Bertz CT molecular complexity index is 342. The summed E-state index contributed by atoms with van der Waals surface area (Å²) in [5.41, 5.74) is 0. The minimum Gasteiger partial charge on any atom is -0.312 e. The van der Waals surface area contributed by atoms with Crippen LogP contribution in [-0.4, -0.2) is 24.5 Å². The topological polar surface area (TPSA) is 15.3 Å². The van der Waals surface area contributed by atoms with Gasteiger partial charge in [-0.15, -0.1) is 11.3 Å². The summed E-state index contributed by atoms with van der Waals surface area (Å²) in [5, 5.41) is 3.39. The lowest BCUT2D eigenvalue weighted by molar-refractivity contribution is 0.186.